The Balaban J connectivity index is 2.48. The van der Waals surface area contributed by atoms with Crippen molar-refractivity contribution in [2.75, 3.05) is 0 Å². The molecular weight excluding hydrogens is 208 g/mol. The summed E-state index contributed by atoms with van der Waals surface area (Å²) in [5.74, 6) is 0.943. The van der Waals surface area contributed by atoms with E-state index in [0.29, 0.717) is 24.1 Å². The molecule has 1 aromatic rings. The summed E-state index contributed by atoms with van der Waals surface area (Å²) in [6.45, 7) is 6.03. The number of nitrogens with zero attached hydrogens (tertiary/aromatic N) is 2. The molecule has 1 aromatic heterocycles. The first kappa shape index (κ1) is 12.7. The molecule has 1 N–H and O–H groups in total. The average molecular weight is 226 g/mol. The third-order valence-electron chi connectivity index (χ3n) is 2.15. The maximum atomic E-state index is 10.5. The summed E-state index contributed by atoms with van der Waals surface area (Å²) in [6, 6.07) is 0. The third-order valence-corrected chi connectivity index (χ3v) is 2.15. The molecule has 0 saturated heterocycles. The molecule has 16 heavy (non-hydrogen) atoms. The quantitative estimate of drug-likeness (QED) is 0.801. The zero-order chi connectivity index (χ0) is 12.1. The lowest BCUT2D eigenvalue weighted by atomic mass is 10.0. The van der Waals surface area contributed by atoms with Gasteiger partial charge in [-0.05, 0) is 11.8 Å². The highest BCUT2D eigenvalue weighted by Crippen LogP contribution is 2.11. The molecule has 5 heteroatoms. The highest BCUT2D eigenvalue weighted by molar-refractivity contribution is 5.66. The number of aromatic nitrogens is 2. The van der Waals surface area contributed by atoms with Crippen molar-refractivity contribution < 1.29 is 14.4 Å². The van der Waals surface area contributed by atoms with Crippen LogP contribution in [0.3, 0.4) is 0 Å². The molecule has 0 amide bonds. The molecule has 1 rings (SSSR count). The van der Waals surface area contributed by atoms with Crippen LogP contribution >= 0.6 is 0 Å². The van der Waals surface area contributed by atoms with Crippen molar-refractivity contribution in [2.24, 2.45) is 11.8 Å². The van der Waals surface area contributed by atoms with Gasteiger partial charge in [-0.25, -0.2) is 0 Å². The Morgan fingerprint density at radius 2 is 2.06 bits per heavy atom. The first-order valence-electron chi connectivity index (χ1n) is 5.50. The highest BCUT2D eigenvalue weighted by atomic mass is 16.5. The summed E-state index contributed by atoms with van der Waals surface area (Å²) in [6.07, 6.45) is 1.44. The summed E-state index contributed by atoms with van der Waals surface area (Å²) < 4.78 is 5.06. The lowest BCUT2D eigenvalue weighted by molar-refractivity contribution is -0.137. The lowest BCUT2D eigenvalue weighted by Gasteiger charge is -2.03. The summed E-state index contributed by atoms with van der Waals surface area (Å²) in [4.78, 5) is 14.7. The number of rotatable bonds is 6. The van der Waals surface area contributed by atoms with Gasteiger partial charge in [0.1, 0.15) is 0 Å². The van der Waals surface area contributed by atoms with Crippen molar-refractivity contribution in [3.63, 3.8) is 0 Å². The molecule has 90 valence electrons. The van der Waals surface area contributed by atoms with Crippen LogP contribution < -0.4 is 0 Å². The fourth-order valence-electron chi connectivity index (χ4n) is 1.49. The predicted molar refractivity (Wildman–Crippen MR) is 58.0 cm³/mol. The normalized spacial score (nSPS) is 13.0. The molecule has 0 aliphatic heterocycles. The smallest absolute Gasteiger partial charge is 0.303 e. The van der Waals surface area contributed by atoms with Crippen LogP contribution in [-0.2, 0) is 17.6 Å². The van der Waals surface area contributed by atoms with Gasteiger partial charge in [-0.1, -0.05) is 25.9 Å². The van der Waals surface area contributed by atoms with Crippen LogP contribution in [0.5, 0.6) is 0 Å². The van der Waals surface area contributed by atoms with E-state index in [1.807, 2.05) is 6.92 Å². The number of hydrogen-bond donors (Lipinski definition) is 1. The molecule has 0 aromatic carbocycles. The van der Waals surface area contributed by atoms with Crippen LogP contribution in [0.2, 0.25) is 0 Å². The van der Waals surface area contributed by atoms with Gasteiger partial charge in [0.15, 0.2) is 5.82 Å². The molecule has 0 fully saturated rings. The molecular formula is C11H18N2O3. The molecule has 0 bridgehead atoms. The number of carboxylic acid groups (broad SMARTS) is 1. The van der Waals surface area contributed by atoms with Gasteiger partial charge in [0.05, 0.1) is 0 Å². The lowest BCUT2D eigenvalue weighted by Crippen LogP contribution is -2.07. The topological polar surface area (TPSA) is 76.2 Å². The van der Waals surface area contributed by atoms with E-state index in [-0.39, 0.29) is 12.3 Å². The molecule has 0 aliphatic rings. The molecule has 0 spiro atoms. The van der Waals surface area contributed by atoms with E-state index < -0.39 is 5.97 Å². The van der Waals surface area contributed by atoms with Crippen LogP contribution in [0.1, 0.15) is 38.9 Å². The van der Waals surface area contributed by atoms with Crippen LogP contribution in [-0.4, -0.2) is 21.2 Å². The second-order valence-corrected chi connectivity index (χ2v) is 4.61. The van der Waals surface area contributed by atoms with Gasteiger partial charge in [0, 0.05) is 19.3 Å². The molecule has 1 atom stereocenters. The van der Waals surface area contributed by atoms with Crippen molar-refractivity contribution in [3.8, 4) is 0 Å². The zero-order valence-electron chi connectivity index (χ0n) is 9.93. The minimum absolute atomic E-state index is 0.0184. The Bertz CT molecular complexity index is 347. The number of carbonyl (C=O) groups is 1. The minimum atomic E-state index is -0.797. The van der Waals surface area contributed by atoms with Crippen LogP contribution in [0, 0.1) is 11.8 Å². The Hall–Kier alpha value is -1.39. The molecule has 1 heterocycles. The SMILES string of the molecule is CC(C)Cc1noc(CC(C)CC(=O)O)n1. The molecule has 0 saturated carbocycles. The van der Waals surface area contributed by atoms with Crippen molar-refractivity contribution in [3.05, 3.63) is 11.7 Å². The van der Waals surface area contributed by atoms with Gasteiger partial charge in [-0.15, -0.1) is 0 Å². The van der Waals surface area contributed by atoms with E-state index in [2.05, 4.69) is 24.0 Å². The van der Waals surface area contributed by atoms with Crippen LogP contribution in [0.25, 0.3) is 0 Å². The Kier molecular flexibility index (Phi) is 4.46. The van der Waals surface area contributed by atoms with Gasteiger partial charge in [0.2, 0.25) is 5.89 Å². The molecule has 1 unspecified atom stereocenters. The Morgan fingerprint density at radius 3 is 2.62 bits per heavy atom. The molecule has 5 nitrogen and oxygen atoms in total. The fraction of sp³-hybridized carbons (Fsp3) is 0.727. The molecule has 0 aliphatic carbocycles. The fourth-order valence-corrected chi connectivity index (χ4v) is 1.49. The maximum absolute atomic E-state index is 10.5. The Morgan fingerprint density at radius 1 is 1.38 bits per heavy atom. The first-order chi connectivity index (χ1) is 7.47. The van der Waals surface area contributed by atoms with Gasteiger partial charge in [0.25, 0.3) is 0 Å². The summed E-state index contributed by atoms with van der Waals surface area (Å²) in [7, 11) is 0. The Labute approximate surface area is 94.9 Å². The third kappa shape index (κ3) is 4.42. The van der Waals surface area contributed by atoms with Gasteiger partial charge in [-0.2, -0.15) is 4.98 Å². The van der Waals surface area contributed by atoms with Crippen molar-refractivity contribution in [2.45, 2.75) is 40.0 Å². The van der Waals surface area contributed by atoms with Gasteiger partial charge >= 0.3 is 5.97 Å². The predicted octanol–water partition coefficient (Wildman–Crippen LogP) is 1.92. The second kappa shape index (κ2) is 5.63. The molecule has 0 radical (unpaired) electrons. The van der Waals surface area contributed by atoms with E-state index in [4.69, 9.17) is 9.63 Å². The summed E-state index contributed by atoms with van der Waals surface area (Å²) in [5.41, 5.74) is 0. The van der Waals surface area contributed by atoms with Crippen molar-refractivity contribution >= 4 is 5.97 Å². The number of aliphatic carboxylic acids is 1. The van der Waals surface area contributed by atoms with E-state index in [9.17, 15) is 4.79 Å². The van der Waals surface area contributed by atoms with Crippen molar-refractivity contribution in [1.82, 2.24) is 10.1 Å². The minimum Gasteiger partial charge on any atom is -0.481 e. The van der Waals surface area contributed by atoms with Gasteiger partial charge in [-0.3, -0.25) is 4.79 Å². The average Bonchev–Trinajstić information content (AvgIpc) is 2.49. The van der Waals surface area contributed by atoms with Crippen molar-refractivity contribution in [1.29, 1.82) is 0 Å². The standard InChI is InChI=1S/C11H18N2O3/c1-7(2)4-9-12-10(16-13-9)5-8(3)6-11(14)15/h7-8H,4-6H2,1-3H3,(H,14,15). The monoisotopic (exact) mass is 226 g/mol. The summed E-state index contributed by atoms with van der Waals surface area (Å²) >= 11 is 0. The van der Waals surface area contributed by atoms with E-state index >= 15 is 0 Å². The maximum Gasteiger partial charge on any atom is 0.303 e. The second-order valence-electron chi connectivity index (χ2n) is 4.61. The first-order valence-corrected chi connectivity index (χ1v) is 5.50. The van der Waals surface area contributed by atoms with Crippen LogP contribution in [0.4, 0.5) is 0 Å². The van der Waals surface area contributed by atoms with E-state index in [0.717, 1.165) is 6.42 Å². The van der Waals surface area contributed by atoms with E-state index in [1.54, 1.807) is 0 Å². The zero-order valence-corrected chi connectivity index (χ0v) is 9.93. The summed E-state index contributed by atoms with van der Waals surface area (Å²) in [5, 5.41) is 12.5. The number of carboxylic acids is 1. The largest absolute Gasteiger partial charge is 0.481 e. The van der Waals surface area contributed by atoms with Gasteiger partial charge < -0.3 is 9.63 Å². The number of hydrogen-bond acceptors (Lipinski definition) is 4. The highest BCUT2D eigenvalue weighted by Gasteiger charge is 2.14. The van der Waals surface area contributed by atoms with E-state index in [1.165, 1.54) is 0 Å². The van der Waals surface area contributed by atoms with Crippen LogP contribution in [0.15, 0.2) is 4.52 Å².